The molecule has 1 fully saturated rings. The van der Waals surface area contributed by atoms with Gasteiger partial charge in [0, 0.05) is 12.7 Å². The number of nitrogens with one attached hydrogen (secondary N) is 1. The molecule has 128 valence electrons. The molecule has 1 aliphatic heterocycles. The molecule has 0 aliphatic carbocycles. The van der Waals surface area contributed by atoms with E-state index >= 15 is 0 Å². The lowest BCUT2D eigenvalue weighted by Gasteiger charge is -2.15. The van der Waals surface area contributed by atoms with Gasteiger partial charge in [-0.3, -0.25) is 4.79 Å². The highest BCUT2D eigenvalue weighted by molar-refractivity contribution is 5.92. The van der Waals surface area contributed by atoms with E-state index in [1.54, 1.807) is 13.0 Å². The van der Waals surface area contributed by atoms with Crippen molar-refractivity contribution >= 4 is 11.7 Å². The van der Waals surface area contributed by atoms with Crippen molar-refractivity contribution < 1.29 is 22.7 Å². The highest BCUT2D eigenvalue weighted by atomic mass is 19.4. The molecule has 0 spiro atoms. The van der Waals surface area contributed by atoms with Gasteiger partial charge in [0.15, 0.2) is 0 Å². The first-order valence-electron chi connectivity index (χ1n) is 7.48. The van der Waals surface area contributed by atoms with Crippen molar-refractivity contribution in [3.63, 3.8) is 0 Å². The van der Waals surface area contributed by atoms with Gasteiger partial charge < -0.3 is 10.1 Å². The summed E-state index contributed by atoms with van der Waals surface area (Å²) in [6.07, 6.45) is -3.92. The van der Waals surface area contributed by atoms with Gasteiger partial charge in [0.1, 0.15) is 5.82 Å². The molecule has 0 unspecified atom stereocenters. The Morgan fingerprint density at radius 3 is 2.79 bits per heavy atom. The van der Waals surface area contributed by atoms with E-state index in [0.717, 1.165) is 10.7 Å². The van der Waals surface area contributed by atoms with Gasteiger partial charge in [-0.1, -0.05) is 12.1 Å². The molecular formula is C16H16F3N3O2. The maximum Gasteiger partial charge on any atom is 0.418 e. The molecule has 3 rings (SSSR count). The minimum Gasteiger partial charge on any atom is -0.381 e. The zero-order valence-electron chi connectivity index (χ0n) is 12.9. The second-order valence-electron chi connectivity index (χ2n) is 5.65. The van der Waals surface area contributed by atoms with Gasteiger partial charge in [0.05, 0.1) is 29.5 Å². The number of carbonyl (C=O) groups is 1. The lowest BCUT2D eigenvalue weighted by Crippen LogP contribution is -2.24. The molecule has 2 aromatic rings. The summed E-state index contributed by atoms with van der Waals surface area (Å²) in [7, 11) is 0. The molecule has 1 aromatic carbocycles. The molecule has 8 heteroatoms. The second kappa shape index (κ2) is 6.27. The van der Waals surface area contributed by atoms with Crippen molar-refractivity contribution in [1.82, 2.24) is 9.78 Å². The molecule has 0 bridgehead atoms. The monoisotopic (exact) mass is 339 g/mol. The first-order chi connectivity index (χ1) is 11.4. The van der Waals surface area contributed by atoms with Crippen molar-refractivity contribution in [3.8, 4) is 5.69 Å². The smallest absolute Gasteiger partial charge is 0.381 e. The lowest BCUT2D eigenvalue weighted by molar-refractivity contribution is -0.137. The summed E-state index contributed by atoms with van der Waals surface area (Å²) >= 11 is 0. The third-order valence-electron chi connectivity index (χ3n) is 3.82. The summed E-state index contributed by atoms with van der Waals surface area (Å²) in [6, 6.07) is 6.67. The number of amides is 1. The van der Waals surface area contributed by atoms with Gasteiger partial charge in [-0.25, -0.2) is 4.68 Å². The molecule has 1 aliphatic rings. The molecule has 1 aromatic heterocycles. The maximum atomic E-state index is 13.2. The van der Waals surface area contributed by atoms with Gasteiger partial charge in [-0.2, -0.15) is 18.3 Å². The number of hydrogen-bond acceptors (Lipinski definition) is 3. The molecule has 24 heavy (non-hydrogen) atoms. The summed E-state index contributed by atoms with van der Waals surface area (Å²) in [5.74, 6) is -0.370. The number of hydrogen-bond donors (Lipinski definition) is 1. The third kappa shape index (κ3) is 3.28. The van der Waals surface area contributed by atoms with Crippen molar-refractivity contribution in [3.05, 3.63) is 41.6 Å². The first-order valence-corrected chi connectivity index (χ1v) is 7.48. The van der Waals surface area contributed by atoms with Crippen LogP contribution >= 0.6 is 0 Å². The number of benzene rings is 1. The Morgan fingerprint density at radius 2 is 2.12 bits per heavy atom. The van der Waals surface area contributed by atoms with Gasteiger partial charge in [0.2, 0.25) is 5.91 Å². The lowest BCUT2D eigenvalue weighted by atomic mass is 10.1. The van der Waals surface area contributed by atoms with Crippen LogP contribution in [0.5, 0.6) is 0 Å². The van der Waals surface area contributed by atoms with E-state index in [2.05, 4.69) is 10.4 Å². The molecule has 1 N–H and O–H groups in total. The Kier molecular flexibility index (Phi) is 4.31. The van der Waals surface area contributed by atoms with Gasteiger partial charge in [-0.15, -0.1) is 0 Å². The zero-order chi connectivity index (χ0) is 17.3. The van der Waals surface area contributed by atoms with E-state index in [0.29, 0.717) is 25.3 Å². The molecule has 1 amide bonds. The number of aromatic nitrogens is 2. The number of anilines is 1. The Labute approximate surface area is 136 Å². The standard InChI is InChI=1S/C16H16F3N3O2/c1-10-8-14(20-15(23)11-6-7-24-9-11)22(21-10)13-5-3-2-4-12(13)16(17,18)19/h2-5,8,11H,6-7,9H2,1H3,(H,20,23)/t11-/m0/s1. The average molecular weight is 339 g/mol. The average Bonchev–Trinajstić information content (AvgIpc) is 3.16. The van der Waals surface area contributed by atoms with E-state index in [1.165, 1.54) is 18.2 Å². The molecule has 5 nitrogen and oxygen atoms in total. The number of rotatable bonds is 3. The van der Waals surface area contributed by atoms with Crippen molar-refractivity contribution in [2.24, 2.45) is 5.92 Å². The van der Waals surface area contributed by atoms with Crippen LogP contribution in [0.4, 0.5) is 19.0 Å². The SMILES string of the molecule is Cc1cc(NC(=O)[C@H]2CCOC2)n(-c2ccccc2C(F)(F)F)n1. The molecular weight excluding hydrogens is 323 g/mol. The van der Waals surface area contributed by atoms with Crippen LogP contribution in [0.15, 0.2) is 30.3 Å². The Morgan fingerprint density at radius 1 is 1.38 bits per heavy atom. The van der Waals surface area contributed by atoms with Crippen LogP contribution in [0.3, 0.4) is 0 Å². The predicted octanol–water partition coefficient (Wildman–Crippen LogP) is 3.17. The molecule has 0 radical (unpaired) electrons. The quantitative estimate of drug-likeness (QED) is 0.934. The highest BCUT2D eigenvalue weighted by Crippen LogP contribution is 2.34. The Balaban J connectivity index is 1.97. The normalized spacial score (nSPS) is 17.9. The minimum atomic E-state index is -4.52. The minimum absolute atomic E-state index is 0.129. The van der Waals surface area contributed by atoms with E-state index in [1.807, 2.05) is 0 Å². The molecule has 0 saturated carbocycles. The van der Waals surface area contributed by atoms with Crippen molar-refractivity contribution in [2.75, 3.05) is 18.5 Å². The summed E-state index contributed by atoms with van der Waals surface area (Å²) in [4.78, 5) is 12.2. The topological polar surface area (TPSA) is 56.1 Å². The van der Waals surface area contributed by atoms with Crippen LogP contribution in [0.25, 0.3) is 5.69 Å². The largest absolute Gasteiger partial charge is 0.418 e. The fraction of sp³-hybridized carbons (Fsp3) is 0.375. The summed E-state index contributed by atoms with van der Waals surface area (Å²) in [5.41, 5.74) is -0.436. The van der Waals surface area contributed by atoms with E-state index in [4.69, 9.17) is 4.74 Å². The van der Waals surface area contributed by atoms with E-state index in [9.17, 15) is 18.0 Å². The van der Waals surface area contributed by atoms with Crippen molar-refractivity contribution in [2.45, 2.75) is 19.5 Å². The molecule has 2 heterocycles. The Bertz CT molecular complexity index is 749. The number of nitrogens with zero attached hydrogens (tertiary/aromatic N) is 2. The van der Waals surface area contributed by atoms with Gasteiger partial charge >= 0.3 is 6.18 Å². The number of alkyl halides is 3. The van der Waals surface area contributed by atoms with Crippen LogP contribution < -0.4 is 5.32 Å². The van der Waals surface area contributed by atoms with E-state index < -0.39 is 11.7 Å². The fourth-order valence-electron chi connectivity index (χ4n) is 2.64. The van der Waals surface area contributed by atoms with Crippen molar-refractivity contribution in [1.29, 1.82) is 0 Å². The molecule has 1 atom stereocenters. The van der Waals surface area contributed by atoms with Crippen LogP contribution in [-0.4, -0.2) is 28.9 Å². The van der Waals surface area contributed by atoms with E-state index in [-0.39, 0.29) is 23.3 Å². The second-order valence-corrected chi connectivity index (χ2v) is 5.65. The summed E-state index contributed by atoms with van der Waals surface area (Å²) < 4.78 is 46.0. The van der Waals surface area contributed by atoms with Crippen LogP contribution in [0, 0.1) is 12.8 Å². The predicted molar refractivity (Wildman–Crippen MR) is 80.9 cm³/mol. The third-order valence-corrected chi connectivity index (χ3v) is 3.82. The van der Waals surface area contributed by atoms with Gasteiger partial charge in [0.25, 0.3) is 0 Å². The van der Waals surface area contributed by atoms with Gasteiger partial charge in [-0.05, 0) is 25.5 Å². The maximum absolute atomic E-state index is 13.2. The van der Waals surface area contributed by atoms with Crippen LogP contribution in [0.1, 0.15) is 17.7 Å². The molecule has 1 saturated heterocycles. The Hall–Kier alpha value is -2.35. The van der Waals surface area contributed by atoms with Crippen LogP contribution in [0.2, 0.25) is 0 Å². The number of ether oxygens (including phenoxy) is 1. The number of aryl methyl sites for hydroxylation is 1. The fourth-order valence-corrected chi connectivity index (χ4v) is 2.64. The highest BCUT2D eigenvalue weighted by Gasteiger charge is 2.34. The number of halogens is 3. The summed E-state index contributed by atoms with van der Waals surface area (Å²) in [5, 5.41) is 6.77. The van der Waals surface area contributed by atoms with Crippen LogP contribution in [-0.2, 0) is 15.7 Å². The number of carbonyl (C=O) groups excluding carboxylic acids is 1. The number of para-hydroxylation sites is 1. The first kappa shape index (κ1) is 16.5. The zero-order valence-corrected chi connectivity index (χ0v) is 12.9. The summed E-state index contributed by atoms with van der Waals surface area (Å²) in [6.45, 7) is 2.48.